The Balaban J connectivity index is 1.51. The van der Waals surface area contributed by atoms with Crippen molar-refractivity contribution in [3.63, 3.8) is 0 Å². The summed E-state index contributed by atoms with van der Waals surface area (Å²) in [6.07, 6.45) is 2.17. The van der Waals surface area contributed by atoms with Crippen LogP contribution in [0, 0.1) is 0 Å². The maximum Gasteiger partial charge on any atom is 0.328 e. The van der Waals surface area contributed by atoms with Gasteiger partial charge in [-0.3, -0.25) is 0 Å². The van der Waals surface area contributed by atoms with Crippen molar-refractivity contribution >= 4 is 33.6 Å². The third-order valence-electron chi connectivity index (χ3n) is 5.18. The zero-order valence-corrected chi connectivity index (χ0v) is 17.0. The third kappa shape index (κ3) is 4.24. The van der Waals surface area contributed by atoms with Crippen molar-refractivity contribution in [2.24, 2.45) is 0 Å². The maximum atomic E-state index is 13.0. The molecule has 0 aliphatic carbocycles. The standard InChI is InChI=1S/C22H23N3O3S/c1-28-21(26)17(14-15-8-3-2-4-9-15)24-22(27)25-13-7-11-18(25)20-23-16-10-5-6-12-19(16)29-20/h2-6,8-10,12,17-18H,7,11,13-14H2,1H3,(H,24,27)/t17-,18-/m0/s1. The molecule has 0 bridgehead atoms. The molecule has 0 radical (unpaired) electrons. The van der Waals surface area contributed by atoms with Crippen molar-refractivity contribution in [3.05, 3.63) is 65.2 Å². The Kier molecular flexibility index (Phi) is 5.76. The van der Waals surface area contributed by atoms with Crippen LogP contribution < -0.4 is 5.32 Å². The molecule has 2 amide bonds. The van der Waals surface area contributed by atoms with Crippen LogP contribution in [0.4, 0.5) is 4.79 Å². The Morgan fingerprint density at radius 1 is 1.21 bits per heavy atom. The number of methoxy groups -OCH3 is 1. The first kappa shape index (κ1) is 19.4. The van der Waals surface area contributed by atoms with Gasteiger partial charge in [0.15, 0.2) is 0 Å². The number of nitrogens with one attached hydrogen (secondary N) is 1. The monoisotopic (exact) mass is 409 g/mol. The van der Waals surface area contributed by atoms with Crippen molar-refractivity contribution in [3.8, 4) is 0 Å². The van der Waals surface area contributed by atoms with Gasteiger partial charge in [0.1, 0.15) is 11.0 Å². The molecule has 2 atom stereocenters. The van der Waals surface area contributed by atoms with Crippen LogP contribution in [-0.4, -0.2) is 41.6 Å². The van der Waals surface area contributed by atoms with Crippen molar-refractivity contribution in [1.82, 2.24) is 15.2 Å². The summed E-state index contributed by atoms with van der Waals surface area (Å²) >= 11 is 1.62. The fourth-order valence-corrected chi connectivity index (χ4v) is 4.83. The van der Waals surface area contributed by atoms with Gasteiger partial charge in [0.2, 0.25) is 0 Å². The molecule has 29 heavy (non-hydrogen) atoms. The summed E-state index contributed by atoms with van der Waals surface area (Å²) in [4.78, 5) is 31.8. The number of fused-ring (bicyclic) bond motifs is 1. The van der Waals surface area contributed by atoms with Gasteiger partial charge in [-0.1, -0.05) is 42.5 Å². The molecule has 1 aromatic heterocycles. The molecule has 2 heterocycles. The first-order valence-electron chi connectivity index (χ1n) is 9.70. The van der Waals surface area contributed by atoms with E-state index in [0.717, 1.165) is 33.6 Å². The molecule has 4 rings (SSSR count). The largest absolute Gasteiger partial charge is 0.467 e. The minimum absolute atomic E-state index is 0.0672. The van der Waals surface area contributed by atoms with Crippen LogP contribution in [0.1, 0.15) is 29.5 Å². The first-order chi connectivity index (χ1) is 14.2. The summed E-state index contributed by atoms with van der Waals surface area (Å²) in [6, 6.07) is 16.6. The molecule has 1 aliphatic rings. The number of amides is 2. The molecule has 0 unspecified atom stereocenters. The van der Waals surface area contributed by atoms with Crippen molar-refractivity contribution in [2.75, 3.05) is 13.7 Å². The molecule has 0 saturated carbocycles. The van der Waals surface area contributed by atoms with E-state index in [1.54, 1.807) is 16.2 Å². The number of aromatic nitrogens is 1. The number of ether oxygens (including phenoxy) is 1. The van der Waals surface area contributed by atoms with Crippen LogP contribution in [0.2, 0.25) is 0 Å². The number of likely N-dealkylation sites (tertiary alicyclic amines) is 1. The second-order valence-corrected chi connectivity index (χ2v) is 8.15. The highest BCUT2D eigenvalue weighted by Crippen LogP contribution is 2.36. The van der Waals surface area contributed by atoms with E-state index in [9.17, 15) is 9.59 Å². The quantitative estimate of drug-likeness (QED) is 0.648. The molecular formula is C22H23N3O3S. The zero-order valence-electron chi connectivity index (χ0n) is 16.2. The summed E-state index contributed by atoms with van der Waals surface area (Å²) in [5, 5.41) is 3.82. The lowest BCUT2D eigenvalue weighted by atomic mass is 10.1. The second-order valence-electron chi connectivity index (χ2n) is 7.09. The van der Waals surface area contributed by atoms with Crippen molar-refractivity contribution in [1.29, 1.82) is 0 Å². The highest BCUT2D eigenvalue weighted by atomic mass is 32.1. The molecule has 1 aliphatic heterocycles. The maximum absolute atomic E-state index is 13.0. The molecule has 7 heteroatoms. The van der Waals surface area contributed by atoms with Gasteiger partial charge < -0.3 is 15.0 Å². The number of rotatable bonds is 5. The number of carbonyl (C=O) groups is 2. The summed E-state index contributed by atoms with van der Waals surface area (Å²) in [6.45, 7) is 0.644. The van der Waals surface area contributed by atoms with Crippen LogP contribution in [0.5, 0.6) is 0 Å². The highest BCUT2D eigenvalue weighted by molar-refractivity contribution is 7.18. The molecule has 150 valence electrons. The molecule has 2 aromatic carbocycles. The Hall–Kier alpha value is -2.93. The summed E-state index contributed by atoms with van der Waals surface area (Å²) in [7, 11) is 1.34. The average molecular weight is 410 g/mol. The van der Waals surface area contributed by atoms with Crippen LogP contribution in [0.15, 0.2) is 54.6 Å². The van der Waals surface area contributed by atoms with Crippen molar-refractivity contribution < 1.29 is 14.3 Å². The number of benzene rings is 2. The van der Waals surface area contributed by atoms with E-state index in [1.807, 2.05) is 54.6 Å². The van der Waals surface area contributed by atoms with E-state index in [0.29, 0.717) is 13.0 Å². The summed E-state index contributed by atoms with van der Waals surface area (Å²) in [5.74, 6) is -0.446. The number of hydrogen-bond acceptors (Lipinski definition) is 5. The van der Waals surface area contributed by atoms with Crippen LogP contribution in [0.3, 0.4) is 0 Å². The van der Waals surface area contributed by atoms with E-state index >= 15 is 0 Å². The third-order valence-corrected chi connectivity index (χ3v) is 6.31. The van der Waals surface area contributed by atoms with Crippen molar-refractivity contribution in [2.45, 2.75) is 31.3 Å². The number of carbonyl (C=O) groups excluding carboxylic acids is 2. The topological polar surface area (TPSA) is 71.5 Å². The number of urea groups is 1. The fourth-order valence-electron chi connectivity index (χ4n) is 3.72. The zero-order chi connectivity index (χ0) is 20.2. The van der Waals surface area contributed by atoms with Crippen LogP contribution in [-0.2, 0) is 16.0 Å². The first-order valence-corrected chi connectivity index (χ1v) is 10.5. The van der Waals surface area contributed by atoms with Gasteiger partial charge in [-0.05, 0) is 30.5 Å². The van der Waals surface area contributed by atoms with Gasteiger partial charge in [-0.2, -0.15) is 0 Å². The van der Waals surface area contributed by atoms with Crippen LogP contribution in [0.25, 0.3) is 10.2 Å². The predicted octanol–water partition coefficient (Wildman–Crippen LogP) is 3.93. The number of para-hydroxylation sites is 1. The van der Waals surface area contributed by atoms with Gasteiger partial charge in [0.05, 0.1) is 23.4 Å². The molecule has 1 saturated heterocycles. The van der Waals surface area contributed by atoms with E-state index in [-0.39, 0.29) is 12.1 Å². The second kappa shape index (κ2) is 8.61. The Labute approximate surface area is 173 Å². The Morgan fingerprint density at radius 2 is 1.97 bits per heavy atom. The average Bonchev–Trinajstić information content (AvgIpc) is 3.40. The van der Waals surface area contributed by atoms with Gasteiger partial charge in [-0.25, -0.2) is 14.6 Å². The Morgan fingerprint density at radius 3 is 2.72 bits per heavy atom. The van der Waals surface area contributed by atoms with Gasteiger partial charge >= 0.3 is 12.0 Å². The minimum Gasteiger partial charge on any atom is -0.467 e. The predicted molar refractivity (Wildman–Crippen MR) is 113 cm³/mol. The lowest BCUT2D eigenvalue weighted by molar-refractivity contribution is -0.142. The minimum atomic E-state index is -0.730. The number of nitrogens with zero attached hydrogens (tertiary/aromatic N) is 2. The highest BCUT2D eigenvalue weighted by Gasteiger charge is 2.34. The van der Waals surface area contributed by atoms with Gasteiger partial charge in [0, 0.05) is 13.0 Å². The normalized spacial score (nSPS) is 17.3. The number of esters is 1. The molecule has 6 nitrogen and oxygen atoms in total. The van der Waals surface area contributed by atoms with E-state index < -0.39 is 12.0 Å². The molecule has 1 N–H and O–H groups in total. The Bertz CT molecular complexity index is 972. The molecule has 0 spiro atoms. The molecular weight excluding hydrogens is 386 g/mol. The van der Waals surface area contributed by atoms with E-state index in [4.69, 9.17) is 9.72 Å². The van der Waals surface area contributed by atoms with E-state index in [1.165, 1.54) is 7.11 Å². The SMILES string of the molecule is COC(=O)[C@H](Cc1ccccc1)NC(=O)N1CCC[C@H]1c1nc2ccccc2s1. The lowest BCUT2D eigenvalue weighted by Crippen LogP contribution is -2.49. The molecule has 3 aromatic rings. The van der Waals surface area contributed by atoms with Gasteiger partial charge in [-0.15, -0.1) is 11.3 Å². The molecule has 1 fully saturated rings. The summed E-state index contributed by atoms with van der Waals surface area (Å²) < 4.78 is 6.03. The number of thiazole rings is 1. The lowest BCUT2D eigenvalue weighted by Gasteiger charge is -2.26. The number of hydrogen-bond donors (Lipinski definition) is 1. The summed E-state index contributed by atoms with van der Waals surface area (Å²) in [5.41, 5.74) is 1.92. The smallest absolute Gasteiger partial charge is 0.328 e. The fraction of sp³-hybridized carbons (Fsp3) is 0.318. The van der Waals surface area contributed by atoms with Crippen LogP contribution >= 0.6 is 11.3 Å². The van der Waals surface area contributed by atoms with E-state index in [2.05, 4.69) is 5.32 Å². The van der Waals surface area contributed by atoms with Gasteiger partial charge in [0.25, 0.3) is 0 Å².